The summed E-state index contributed by atoms with van der Waals surface area (Å²) in [6, 6.07) is 15.4. The molecule has 0 N–H and O–H groups in total. The Balaban J connectivity index is 0.00000145. The van der Waals surface area contributed by atoms with Crippen molar-refractivity contribution in [2.75, 3.05) is 31.3 Å². The lowest BCUT2D eigenvalue weighted by atomic mass is 9.99. The molecule has 0 amide bonds. The van der Waals surface area contributed by atoms with E-state index in [4.69, 9.17) is 0 Å². The minimum atomic E-state index is -0.975. The number of aryl methyl sites for hydroxylation is 2. The van der Waals surface area contributed by atoms with Gasteiger partial charge in [-0.1, -0.05) is 44.5 Å². The van der Waals surface area contributed by atoms with Gasteiger partial charge in [0.05, 0.1) is 0 Å². The van der Waals surface area contributed by atoms with Crippen LogP contribution >= 0.6 is 0 Å². The first-order valence-electron chi connectivity index (χ1n) is 10.9. The average Bonchev–Trinajstić information content (AvgIpc) is 2.73. The Morgan fingerprint density at radius 1 is 1.03 bits per heavy atom. The van der Waals surface area contributed by atoms with Gasteiger partial charge in [0.1, 0.15) is 0 Å². The molecular weight excluding hydrogens is 376 g/mol. The van der Waals surface area contributed by atoms with E-state index in [9.17, 15) is 4.21 Å². The van der Waals surface area contributed by atoms with E-state index in [0.717, 1.165) is 17.9 Å². The minimum Gasteiger partial charge on any atom is -0.341 e. The van der Waals surface area contributed by atoms with Crippen LogP contribution < -0.4 is 4.90 Å². The van der Waals surface area contributed by atoms with Crippen molar-refractivity contribution in [3.05, 3.63) is 53.6 Å². The maximum atomic E-state index is 12.1. The maximum absolute atomic E-state index is 12.1. The largest absolute Gasteiger partial charge is 0.341 e. The number of nitrogens with zero attached hydrogens (tertiary/aromatic N) is 2. The fraction of sp³-hybridized carbons (Fsp3) is 0.520. The Morgan fingerprint density at radius 2 is 1.72 bits per heavy atom. The molecular formula is C25H38N2OS. The van der Waals surface area contributed by atoms with Crippen LogP contribution in [0.25, 0.3) is 0 Å². The minimum absolute atomic E-state index is 0.647. The van der Waals surface area contributed by atoms with Gasteiger partial charge in [-0.05, 0) is 76.0 Å². The molecule has 0 spiro atoms. The highest BCUT2D eigenvalue weighted by molar-refractivity contribution is 7.84. The summed E-state index contributed by atoms with van der Waals surface area (Å²) in [5.41, 5.74) is 4.93. The van der Waals surface area contributed by atoms with Crippen molar-refractivity contribution >= 4 is 22.2 Å². The van der Waals surface area contributed by atoms with E-state index < -0.39 is 10.8 Å². The molecule has 2 unspecified atom stereocenters. The number of hydrogen-bond acceptors (Lipinski definition) is 3. The third-order valence-corrected chi connectivity index (χ3v) is 6.73. The fourth-order valence-electron chi connectivity index (χ4n) is 4.08. The van der Waals surface area contributed by atoms with Gasteiger partial charge < -0.3 is 9.80 Å². The normalized spacial score (nSPS) is 17.9. The van der Waals surface area contributed by atoms with Crippen LogP contribution in [0, 0.1) is 13.8 Å². The van der Waals surface area contributed by atoms with Crippen LogP contribution in [-0.4, -0.2) is 41.5 Å². The number of piperidine rings is 1. The van der Waals surface area contributed by atoms with E-state index >= 15 is 0 Å². The van der Waals surface area contributed by atoms with Crippen molar-refractivity contribution in [1.82, 2.24) is 4.90 Å². The molecule has 160 valence electrons. The van der Waals surface area contributed by atoms with Crippen LogP contribution in [0.4, 0.5) is 11.4 Å². The van der Waals surface area contributed by atoms with Gasteiger partial charge in [-0.3, -0.25) is 4.21 Å². The first-order valence-corrected chi connectivity index (χ1v) is 12.5. The lowest BCUT2D eigenvalue weighted by Crippen LogP contribution is -2.38. The van der Waals surface area contributed by atoms with Crippen molar-refractivity contribution < 1.29 is 4.21 Å². The van der Waals surface area contributed by atoms with Gasteiger partial charge >= 0.3 is 0 Å². The highest BCUT2D eigenvalue weighted by Gasteiger charge is 2.22. The van der Waals surface area contributed by atoms with E-state index in [1.165, 1.54) is 48.3 Å². The molecule has 0 bridgehead atoms. The lowest BCUT2D eigenvalue weighted by molar-refractivity contribution is 0.178. The summed E-state index contributed by atoms with van der Waals surface area (Å²) in [5.74, 6) is 0. The number of benzene rings is 2. The summed E-state index contributed by atoms with van der Waals surface area (Å²) in [6.45, 7) is 10.5. The van der Waals surface area contributed by atoms with E-state index in [0.29, 0.717) is 6.04 Å². The summed E-state index contributed by atoms with van der Waals surface area (Å²) in [7, 11) is 1.28. The van der Waals surface area contributed by atoms with Crippen LogP contribution in [0.2, 0.25) is 0 Å². The van der Waals surface area contributed by atoms with Gasteiger partial charge in [-0.15, -0.1) is 0 Å². The molecule has 1 aliphatic rings. The Hall–Kier alpha value is -1.65. The molecule has 4 heteroatoms. The lowest BCUT2D eigenvalue weighted by Gasteiger charge is -2.35. The van der Waals surface area contributed by atoms with Crippen LogP contribution in [0.1, 0.15) is 50.7 Å². The number of likely N-dealkylation sites (tertiary alicyclic amines) is 1. The first kappa shape index (κ1) is 23.6. The van der Waals surface area contributed by atoms with E-state index in [-0.39, 0.29) is 0 Å². The second-order valence-electron chi connectivity index (χ2n) is 7.76. The Bertz CT molecular complexity index is 805. The molecule has 3 rings (SSSR count). The quantitative estimate of drug-likeness (QED) is 0.572. The predicted molar refractivity (Wildman–Crippen MR) is 128 cm³/mol. The molecule has 1 heterocycles. The van der Waals surface area contributed by atoms with E-state index in [1.54, 1.807) is 6.26 Å². The topological polar surface area (TPSA) is 23.6 Å². The maximum Gasteiger partial charge on any atom is 0.0498 e. The molecule has 3 nitrogen and oxygen atoms in total. The standard InChI is InChI=1S/C23H32N2OS.C2H6/c1-18-9-5-6-11-22(18)25(16-14-20-10-7-8-15-24(20)3)23-17-21(27(4)26)13-12-19(23)2;1-2/h5-6,9,11-13,17,20H,7-8,10,14-16H2,1-4H3;1-2H3. The van der Waals surface area contributed by atoms with Gasteiger partial charge in [0.15, 0.2) is 0 Å². The molecule has 1 saturated heterocycles. The van der Waals surface area contributed by atoms with Gasteiger partial charge in [-0.25, -0.2) is 0 Å². The van der Waals surface area contributed by atoms with Crippen LogP contribution in [0.15, 0.2) is 47.4 Å². The predicted octanol–water partition coefficient (Wildman–Crippen LogP) is 6.08. The number of anilines is 2. The smallest absolute Gasteiger partial charge is 0.0498 e. The summed E-state index contributed by atoms with van der Waals surface area (Å²) in [6.07, 6.45) is 6.84. The summed E-state index contributed by atoms with van der Waals surface area (Å²) in [4.78, 5) is 5.84. The number of rotatable bonds is 6. The first-order chi connectivity index (χ1) is 14.0. The van der Waals surface area contributed by atoms with Gasteiger partial charge in [0.2, 0.25) is 0 Å². The molecule has 0 saturated carbocycles. The summed E-state index contributed by atoms with van der Waals surface area (Å²) >= 11 is 0. The van der Waals surface area contributed by atoms with Gasteiger partial charge in [0, 0.05) is 45.9 Å². The van der Waals surface area contributed by atoms with Gasteiger partial charge in [-0.2, -0.15) is 0 Å². The molecule has 0 aromatic heterocycles. The van der Waals surface area contributed by atoms with Crippen LogP contribution in [0.3, 0.4) is 0 Å². The molecule has 1 fully saturated rings. The second kappa shape index (κ2) is 11.5. The van der Waals surface area contributed by atoms with Crippen molar-refractivity contribution in [3.63, 3.8) is 0 Å². The number of para-hydroxylation sites is 1. The van der Waals surface area contributed by atoms with Crippen molar-refractivity contribution in [2.24, 2.45) is 0 Å². The monoisotopic (exact) mass is 414 g/mol. The Labute approximate surface area is 180 Å². The molecule has 0 radical (unpaired) electrons. The van der Waals surface area contributed by atoms with Crippen molar-refractivity contribution in [3.8, 4) is 0 Å². The van der Waals surface area contributed by atoms with Crippen LogP contribution in [0.5, 0.6) is 0 Å². The summed E-state index contributed by atoms with van der Waals surface area (Å²) < 4.78 is 12.1. The van der Waals surface area contributed by atoms with Crippen molar-refractivity contribution in [2.45, 2.75) is 64.3 Å². The zero-order valence-corrected chi connectivity index (χ0v) is 19.9. The summed E-state index contributed by atoms with van der Waals surface area (Å²) in [5, 5.41) is 0. The third kappa shape index (κ3) is 6.16. The zero-order valence-electron chi connectivity index (χ0n) is 19.1. The van der Waals surface area contributed by atoms with Gasteiger partial charge in [0.25, 0.3) is 0 Å². The molecule has 2 atom stereocenters. The molecule has 29 heavy (non-hydrogen) atoms. The Morgan fingerprint density at radius 3 is 2.38 bits per heavy atom. The van der Waals surface area contributed by atoms with E-state index in [2.05, 4.69) is 67.1 Å². The highest BCUT2D eigenvalue weighted by Crippen LogP contribution is 2.33. The van der Waals surface area contributed by atoms with Crippen LogP contribution in [-0.2, 0) is 10.8 Å². The third-order valence-electron chi connectivity index (χ3n) is 5.82. The second-order valence-corrected chi connectivity index (χ2v) is 9.14. The highest BCUT2D eigenvalue weighted by atomic mass is 32.2. The van der Waals surface area contributed by atoms with Crippen molar-refractivity contribution in [1.29, 1.82) is 0 Å². The fourth-order valence-corrected chi connectivity index (χ4v) is 4.62. The molecule has 2 aromatic rings. The Kier molecular flexibility index (Phi) is 9.38. The molecule has 2 aromatic carbocycles. The van der Waals surface area contributed by atoms with E-state index in [1.807, 2.05) is 19.9 Å². The molecule has 0 aliphatic carbocycles. The SMILES string of the molecule is CC.Cc1ccccc1N(CCC1CCCCN1C)c1cc(S(C)=O)ccc1C. The average molecular weight is 415 g/mol. The number of hydrogen-bond donors (Lipinski definition) is 0. The molecule has 1 aliphatic heterocycles. The zero-order chi connectivity index (χ0) is 21.4.